The first-order chi connectivity index (χ1) is 10.1. The number of rotatable bonds is 6. The van der Waals surface area contributed by atoms with E-state index >= 15 is 0 Å². The van der Waals surface area contributed by atoms with E-state index in [2.05, 4.69) is 5.32 Å². The van der Waals surface area contributed by atoms with Gasteiger partial charge in [0.05, 0.1) is 18.6 Å². The van der Waals surface area contributed by atoms with Crippen LogP contribution in [0, 0.1) is 5.82 Å². The van der Waals surface area contributed by atoms with E-state index in [4.69, 9.17) is 4.74 Å². The molecule has 1 amide bonds. The Morgan fingerprint density at radius 2 is 2.33 bits per heavy atom. The number of amides is 1. The van der Waals surface area contributed by atoms with Gasteiger partial charge in [0.25, 0.3) is 0 Å². The molecule has 1 aromatic carbocycles. The van der Waals surface area contributed by atoms with Crippen molar-refractivity contribution >= 4 is 5.91 Å². The highest BCUT2D eigenvalue weighted by Gasteiger charge is 2.16. The van der Waals surface area contributed by atoms with E-state index in [1.165, 1.54) is 24.6 Å². The molecule has 2 rings (SSSR count). The van der Waals surface area contributed by atoms with Crippen LogP contribution < -0.4 is 5.32 Å². The lowest BCUT2D eigenvalue weighted by atomic mass is 10.1. The highest BCUT2D eigenvalue weighted by molar-refractivity contribution is 5.76. The summed E-state index contributed by atoms with van der Waals surface area (Å²) in [6.45, 7) is 1.34. The average Bonchev–Trinajstić information content (AvgIpc) is 2.48. The van der Waals surface area contributed by atoms with Gasteiger partial charge < -0.3 is 15.2 Å². The molecule has 5 heteroatoms. The predicted octanol–water partition coefficient (Wildman–Crippen LogP) is 2.32. The van der Waals surface area contributed by atoms with Gasteiger partial charge >= 0.3 is 0 Å². The smallest absolute Gasteiger partial charge is 0.222 e. The molecule has 116 valence electrons. The fourth-order valence-corrected chi connectivity index (χ4v) is 2.49. The minimum Gasteiger partial charge on any atom is -0.388 e. The molecular weight excluding hydrogens is 273 g/mol. The second-order valence-electron chi connectivity index (χ2n) is 5.40. The fourth-order valence-electron chi connectivity index (χ4n) is 2.49. The van der Waals surface area contributed by atoms with Crippen molar-refractivity contribution in [2.75, 3.05) is 13.2 Å². The molecule has 21 heavy (non-hydrogen) atoms. The van der Waals surface area contributed by atoms with Crippen molar-refractivity contribution in [3.8, 4) is 0 Å². The second-order valence-corrected chi connectivity index (χ2v) is 5.40. The zero-order valence-electron chi connectivity index (χ0n) is 12.1. The second kappa shape index (κ2) is 8.10. The van der Waals surface area contributed by atoms with Gasteiger partial charge in [-0.25, -0.2) is 4.39 Å². The molecule has 1 fully saturated rings. The summed E-state index contributed by atoms with van der Waals surface area (Å²) >= 11 is 0. The van der Waals surface area contributed by atoms with Crippen molar-refractivity contribution in [2.45, 2.75) is 44.3 Å². The van der Waals surface area contributed by atoms with Gasteiger partial charge in [0.2, 0.25) is 5.91 Å². The Balaban J connectivity index is 1.69. The molecule has 1 aromatic rings. The Kier molecular flexibility index (Phi) is 6.14. The lowest BCUT2D eigenvalue weighted by molar-refractivity contribution is -0.123. The predicted molar refractivity (Wildman–Crippen MR) is 77.2 cm³/mol. The minimum atomic E-state index is -0.980. The fraction of sp³-hybridized carbons (Fsp3) is 0.562. The molecular formula is C16H22FNO3. The monoisotopic (exact) mass is 295 g/mol. The van der Waals surface area contributed by atoms with E-state index in [9.17, 15) is 14.3 Å². The van der Waals surface area contributed by atoms with Crippen LogP contribution in [0.25, 0.3) is 0 Å². The van der Waals surface area contributed by atoms with Gasteiger partial charge in [-0.3, -0.25) is 4.79 Å². The number of aliphatic hydroxyl groups is 1. The van der Waals surface area contributed by atoms with Crippen LogP contribution in [0.2, 0.25) is 0 Å². The van der Waals surface area contributed by atoms with E-state index in [0.717, 1.165) is 25.9 Å². The Morgan fingerprint density at radius 1 is 1.48 bits per heavy atom. The summed E-state index contributed by atoms with van der Waals surface area (Å²) < 4.78 is 18.6. The number of halogens is 1. The maximum atomic E-state index is 13.0. The maximum Gasteiger partial charge on any atom is 0.222 e. The van der Waals surface area contributed by atoms with Crippen molar-refractivity contribution in [3.05, 3.63) is 35.6 Å². The maximum absolute atomic E-state index is 13.0. The Bertz CT molecular complexity index is 461. The van der Waals surface area contributed by atoms with E-state index in [0.29, 0.717) is 12.1 Å². The molecule has 1 aliphatic rings. The van der Waals surface area contributed by atoms with Crippen LogP contribution in [0.1, 0.15) is 43.8 Å². The van der Waals surface area contributed by atoms with Gasteiger partial charge in [-0.1, -0.05) is 12.1 Å². The number of aliphatic hydroxyl groups excluding tert-OH is 1. The summed E-state index contributed by atoms with van der Waals surface area (Å²) in [5, 5.41) is 12.7. The van der Waals surface area contributed by atoms with Crippen LogP contribution in [0.3, 0.4) is 0 Å². The van der Waals surface area contributed by atoms with E-state index in [-0.39, 0.29) is 18.4 Å². The number of nitrogens with one attached hydrogen (secondary N) is 1. The molecule has 1 aliphatic heterocycles. The lowest BCUT2D eigenvalue weighted by Crippen LogP contribution is -2.30. The zero-order chi connectivity index (χ0) is 15.1. The third-order valence-electron chi connectivity index (χ3n) is 3.67. The first kappa shape index (κ1) is 15.9. The molecule has 0 aromatic heterocycles. The molecule has 2 N–H and O–H groups in total. The Labute approximate surface area is 124 Å². The van der Waals surface area contributed by atoms with Gasteiger partial charge in [0.1, 0.15) is 5.82 Å². The van der Waals surface area contributed by atoms with Gasteiger partial charge in [-0.05, 0) is 43.4 Å². The Hall–Kier alpha value is -1.46. The standard InChI is InChI=1S/C16H22FNO3/c17-13-5-3-4-12(10-13)15(19)11-16(20)18-8-7-14-6-1-2-9-21-14/h3-5,10,14-15,19H,1-2,6-9,11H2,(H,18,20)/t14-,15+/m0/s1. The van der Waals surface area contributed by atoms with Gasteiger partial charge in [-0.15, -0.1) is 0 Å². The number of hydrogen-bond donors (Lipinski definition) is 2. The third-order valence-corrected chi connectivity index (χ3v) is 3.67. The summed E-state index contributed by atoms with van der Waals surface area (Å²) in [6, 6.07) is 5.68. The highest BCUT2D eigenvalue weighted by atomic mass is 19.1. The van der Waals surface area contributed by atoms with Crippen molar-refractivity contribution in [1.82, 2.24) is 5.32 Å². The highest BCUT2D eigenvalue weighted by Crippen LogP contribution is 2.18. The normalized spacial score (nSPS) is 20.0. The van der Waals surface area contributed by atoms with E-state index in [1.54, 1.807) is 6.07 Å². The van der Waals surface area contributed by atoms with Crippen LogP contribution in [-0.2, 0) is 9.53 Å². The largest absolute Gasteiger partial charge is 0.388 e. The molecule has 1 heterocycles. The van der Waals surface area contributed by atoms with Crippen molar-refractivity contribution in [2.24, 2.45) is 0 Å². The van der Waals surface area contributed by atoms with Crippen molar-refractivity contribution < 1.29 is 19.0 Å². The van der Waals surface area contributed by atoms with Crippen LogP contribution in [0.5, 0.6) is 0 Å². The molecule has 2 atom stereocenters. The lowest BCUT2D eigenvalue weighted by Gasteiger charge is -2.22. The summed E-state index contributed by atoms with van der Waals surface area (Å²) in [4.78, 5) is 11.7. The van der Waals surface area contributed by atoms with Crippen LogP contribution >= 0.6 is 0 Å². The third kappa shape index (κ3) is 5.44. The number of carbonyl (C=O) groups is 1. The number of carbonyl (C=O) groups excluding carboxylic acids is 1. The summed E-state index contributed by atoms with van der Waals surface area (Å²) in [5.74, 6) is -0.649. The minimum absolute atomic E-state index is 0.0605. The van der Waals surface area contributed by atoms with Crippen LogP contribution in [-0.4, -0.2) is 30.3 Å². The first-order valence-electron chi connectivity index (χ1n) is 7.47. The average molecular weight is 295 g/mol. The quantitative estimate of drug-likeness (QED) is 0.847. The van der Waals surface area contributed by atoms with Gasteiger partial charge in [0.15, 0.2) is 0 Å². The first-order valence-corrected chi connectivity index (χ1v) is 7.47. The SMILES string of the molecule is O=C(C[C@@H](O)c1cccc(F)c1)NCC[C@@H]1CCCCO1. The topological polar surface area (TPSA) is 58.6 Å². The molecule has 1 saturated heterocycles. The molecule has 0 spiro atoms. The van der Waals surface area contributed by atoms with Gasteiger partial charge in [0, 0.05) is 13.2 Å². The summed E-state index contributed by atoms with van der Waals surface area (Å²) in [6.07, 6.45) is 3.32. The molecule has 0 saturated carbocycles. The number of ether oxygens (including phenoxy) is 1. The van der Waals surface area contributed by atoms with E-state index in [1.807, 2.05) is 0 Å². The number of benzene rings is 1. The Morgan fingerprint density at radius 3 is 3.05 bits per heavy atom. The molecule has 0 bridgehead atoms. The van der Waals surface area contributed by atoms with Crippen molar-refractivity contribution in [1.29, 1.82) is 0 Å². The summed E-state index contributed by atoms with van der Waals surface area (Å²) in [5.41, 5.74) is 0.417. The molecule has 0 unspecified atom stereocenters. The van der Waals surface area contributed by atoms with E-state index < -0.39 is 11.9 Å². The molecule has 4 nitrogen and oxygen atoms in total. The van der Waals surface area contributed by atoms with Crippen LogP contribution in [0.15, 0.2) is 24.3 Å². The summed E-state index contributed by atoms with van der Waals surface area (Å²) in [7, 11) is 0. The van der Waals surface area contributed by atoms with Crippen LogP contribution in [0.4, 0.5) is 4.39 Å². The van der Waals surface area contributed by atoms with Gasteiger partial charge in [-0.2, -0.15) is 0 Å². The molecule has 0 radical (unpaired) electrons. The zero-order valence-corrected chi connectivity index (χ0v) is 12.1. The van der Waals surface area contributed by atoms with Crippen molar-refractivity contribution in [3.63, 3.8) is 0 Å². The number of hydrogen-bond acceptors (Lipinski definition) is 3. The molecule has 0 aliphatic carbocycles.